The third kappa shape index (κ3) is 4.16. The van der Waals surface area contributed by atoms with Gasteiger partial charge in [-0.05, 0) is 45.1 Å². The van der Waals surface area contributed by atoms with E-state index >= 15 is 0 Å². The predicted molar refractivity (Wildman–Crippen MR) is 90.9 cm³/mol. The summed E-state index contributed by atoms with van der Waals surface area (Å²) in [7, 11) is 6.28. The Morgan fingerprint density at radius 1 is 1.14 bits per heavy atom. The number of hydrogen-bond donors (Lipinski definition) is 1. The average molecular weight is 286 g/mol. The largest absolute Gasteiger partial charge is 0.358 e. The zero-order valence-electron chi connectivity index (χ0n) is 13.5. The van der Waals surface area contributed by atoms with Gasteiger partial charge in [-0.15, -0.1) is 0 Å². The van der Waals surface area contributed by atoms with Crippen LogP contribution in [0.5, 0.6) is 0 Å². The molecule has 1 atom stereocenters. The topological polar surface area (TPSA) is 45.4 Å². The minimum absolute atomic E-state index is 0.133. The van der Waals surface area contributed by atoms with E-state index in [-0.39, 0.29) is 6.04 Å². The summed E-state index contributed by atoms with van der Waals surface area (Å²) in [6.45, 7) is 3.99. The first-order chi connectivity index (χ1) is 9.97. The number of benzene rings is 1. The summed E-state index contributed by atoms with van der Waals surface area (Å²) in [5, 5.41) is 1.18. The second-order valence-electron chi connectivity index (χ2n) is 6.07. The molecule has 0 spiro atoms. The molecule has 21 heavy (non-hydrogen) atoms. The number of para-hydroxylation sites is 1. The maximum Gasteiger partial charge on any atom is 0.132 e. The summed E-state index contributed by atoms with van der Waals surface area (Å²) < 4.78 is 0. The molecular weight excluding hydrogens is 260 g/mol. The molecule has 0 saturated heterocycles. The van der Waals surface area contributed by atoms with Crippen LogP contribution in [0.4, 0.5) is 5.82 Å². The summed E-state index contributed by atoms with van der Waals surface area (Å²) >= 11 is 0. The van der Waals surface area contributed by atoms with Crippen LogP contribution < -0.4 is 10.6 Å². The molecule has 1 heterocycles. The smallest absolute Gasteiger partial charge is 0.132 e. The summed E-state index contributed by atoms with van der Waals surface area (Å²) in [5.74, 6) is 1.05. The second kappa shape index (κ2) is 6.87. The van der Waals surface area contributed by atoms with Gasteiger partial charge in [0.25, 0.3) is 0 Å². The van der Waals surface area contributed by atoms with E-state index in [1.807, 2.05) is 13.0 Å². The van der Waals surface area contributed by atoms with Gasteiger partial charge in [0.05, 0.1) is 5.52 Å². The highest BCUT2D eigenvalue weighted by Gasteiger charge is 2.12. The number of aromatic nitrogens is 1. The Morgan fingerprint density at radius 2 is 1.86 bits per heavy atom. The van der Waals surface area contributed by atoms with Gasteiger partial charge in [0.15, 0.2) is 0 Å². The van der Waals surface area contributed by atoms with Crippen LogP contribution in [-0.2, 0) is 6.42 Å². The first kappa shape index (κ1) is 15.7. The van der Waals surface area contributed by atoms with Crippen LogP contribution >= 0.6 is 0 Å². The van der Waals surface area contributed by atoms with Crippen LogP contribution in [0, 0.1) is 0 Å². The number of rotatable bonds is 6. The van der Waals surface area contributed by atoms with Crippen molar-refractivity contribution in [1.82, 2.24) is 9.88 Å². The van der Waals surface area contributed by atoms with Crippen molar-refractivity contribution in [2.24, 2.45) is 5.73 Å². The molecule has 0 radical (unpaired) electrons. The van der Waals surface area contributed by atoms with Crippen molar-refractivity contribution in [1.29, 1.82) is 0 Å². The highest BCUT2D eigenvalue weighted by molar-refractivity contribution is 5.81. The third-order valence-electron chi connectivity index (χ3n) is 3.57. The van der Waals surface area contributed by atoms with Gasteiger partial charge in [0.2, 0.25) is 0 Å². The van der Waals surface area contributed by atoms with Gasteiger partial charge in [-0.2, -0.15) is 0 Å². The lowest BCUT2D eigenvalue weighted by Gasteiger charge is -2.24. The number of nitrogens with two attached hydrogens (primary N) is 1. The molecule has 1 aromatic carbocycles. The average Bonchev–Trinajstić information content (AvgIpc) is 2.43. The van der Waals surface area contributed by atoms with E-state index < -0.39 is 0 Å². The van der Waals surface area contributed by atoms with Gasteiger partial charge in [-0.3, -0.25) is 0 Å². The molecule has 0 saturated carbocycles. The molecule has 1 unspecified atom stereocenters. The van der Waals surface area contributed by atoms with Crippen LogP contribution in [0.3, 0.4) is 0 Å². The Balaban J connectivity index is 2.37. The van der Waals surface area contributed by atoms with Gasteiger partial charge in [-0.1, -0.05) is 18.2 Å². The normalized spacial score (nSPS) is 12.9. The van der Waals surface area contributed by atoms with Gasteiger partial charge < -0.3 is 15.5 Å². The molecule has 2 rings (SSSR count). The van der Waals surface area contributed by atoms with Crippen LogP contribution in [0.15, 0.2) is 30.3 Å². The maximum atomic E-state index is 6.01. The molecule has 0 fully saturated rings. The van der Waals surface area contributed by atoms with Crippen molar-refractivity contribution in [3.8, 4) is 0 Å². The molecular formula is C17H26N4. The number of anilines is 1. The molecule has 0 aliphatic heterocycles. The number of hydrogen-bond acceptors (Lipinski definition) is 4. The first-order valence-corrected chi connectivity index (χ1v) is 7.47. The van der Waals surface area contributed by atoms with Gasteiger partial charge in [0.1, 0.15) is 5.82 Å². The minimum atomic E-state index is 0.133. The summed E-state index contributed by atoms with van der Waals surface area (Å²) in [6.07, 6.45) is 0.847. The molecule has 0 amide bonds. The zero-order chi connectivity index (χ0) is 15.4. The van der Waals surface area contributed by atoms with Crippen molar-refractivity contribution >= 4 is 16.7 Å². The van der Waals surface area contributed by atoms with Crippen molar-refractivity contribution < 1.29 is 0 Å². The summed E-state index contributed by atoms with van der Waals surface area (Å²) in [5.41, 5.74) is 8.27. The molecule has 0 bridgehead atoms. The quantitative estimate of drug-likeness (QED) is 0.883. The Hall–Kier alpha value is -1.65. The van der Waals surface area contributed by atoms with Crippen molar-refractivity contribution in [2.45, 2.75) is 19.4 Å². The Bertz CT molecular complexity index is 592. The highest BCUT2D eigenvalue weighted by atomic mass is 15.2. The molecule has 2 aromatic rings. The molecule has 2 N–H and O–H groups in total. The molecule has 0 aliphatic carbocycles. The van der Waals surface area contributed by atoms with E-state index in [0.717, 1.165) is 30.8 Å². The Labute approximate surface area is 127 Å². The number of pyridine rings is 1. The molecule has 0 aliphatic rings. The fourth-order valence-electron chi connectivity index (χ4n) is 2.43. The van der Waals surface area contributed by atoms with E-state index in [2.05, 4.69) is 55.2 Å². The molecule has 4 heteroatoms. The van der Waals surface area contributed by atoms with E-state index in [4.69, 9.17) is 10.7 Å². The lowest BCUT2D eigenvalue weighted by Crippen LogP contribution is -2.30. The lowest BCUT2D eigenvalue weighted by molar-refractivity contribution is 0.416. The first-order valence-electron chi connectivity index (χ1n) is 7.47. The Morgan fingerprint density at radius 3 is 2.52 bits per heavy atom. The standard InChI is InChI=1S/C17H26N4/c1-13(18)11-15-12-14-7-5-6-8-16(14)19-17(15)21(4)10-9-20(2)3/h5-8,12-13H,9-11,18H2,1-4H3. The van der Waals surface area contributed by atoms with E-state index in [1.54, 1.807) is 0 Å². The van der Waals surface area contributed by atoms with Crippen molar-refractivity contribution in [2.75, 3.05) is 39.1 Å². The molecule has 1 aromatic heterocycles. The van der Waals surface area contributed by atoms with Crippen molar-refractivity contribution in [3.05, 3.63) is 35.9 Å². The second-order valence-corrected chi connectivity index (χ2v) is 6.07. The number of nitrogens with zero attached hydrogens (tertiary/aromatic N) is 3. The van der Waals surface area contributed by atoms with Crippen LogP contribution in [-0.4, -0.2) is 50.2 Å². The summed E-state index contributed by atoms with van der Waals surface area (Å²) in [4.78, 5) is 9.27. The minimum Gasteiger partial charge on any atom is -0.358 e. The van der Waals surface area contributed by atoms with E-state index in [0.29, 0.717) is 0 Å². The van der Waals surface area contributed by atoms with Crippen LogP contribution in [0.25, 0.3) is 10.9 Å². The SMILES string of the molecule is CC(N)Cc1cc2ccccc2nc1N(C)CCN(C)C. The monoisotopic (exact) mass is 286 g/mol. The highest BCUT2D eigenvalue weighted by Crippen LogP contribution is 2.24. The number of fused-ring (bicyclic) bond motifs is 1. The van der Waals surface area contributed by atoms with Gasteiger partial charge >= 0.3 is 0 Å². The van der Waals surface area contributed by atoms with Gasteiger partial charge in [0, 0.05) is 31.6 Å². The van der Waals surface area contributed by atoms with Gasteiger partial charge in [-0.25, -0.2) is 4.98 Å². The van der Waals surface area contributed by atoms with E-state index in [1.165, 1.54) is 10.9 Å². The lowest BCUT2D eigenvalue weighted by atomic mass is 10.1. The van der Waals surface area contributed by atoms with Crippen LogP contribution in [0.2, 0.25) is 0 Å². The van der Waals surface area contributed by atoms with E-state index in [9.17, 15) is 0 Å². The maximum absolute atomic E-state index is 6.01. The fraction of sp³-hybridized carbons (Fsp3) is 0.471. The number of likely N-dealkylation sites (N-methyl/N-ethyl adjacent to an activating group) is 2. The molecule has 114 valence electrons. The predicted octanol–water partition coefficient (Wildman–Crippen LogP) is 2.12. The fourth-order valence-corrected chi connectivity index (χ4v) is 2.43. The van der Waals surface area contributed by atoms with Crippen LogP contribution in [0.1, 0.15) is 12.5 Å². The summed E-state index contributed by atoms with van der Waals surface area (Å²) in [6, 6.07) is 10.6. The van der Waals surface area contributed by atoms with Crippen molar-refractivity contribution in [3.63, 3.8) is 0 Å². The zero-order valence-corrected chi connectivity index (χ0v) is 13.5. The Kier molecular flexibility index (Phi) is 5.15. The third-order valence-corrected chi connectivity index (χ3v) is 3.57. The molecule has 4 nitrogen and oxygen atoms in total.